The van der Waals surface area contributed by atoms with Crippen LogP contribution in [0.3, 0.4) is 0 Å². The van der Waals surface area contributed by atoms with Crippen LogP contribution in [0.1, 0.15) is 24.9 Å². The Hall–Kier alpha value is -1.26. The molecule has 0 aliphatic carbocycles. The monoisotopic (exact) mass is 254 g/mol. The van der Waals surface area contributed by atoms with Crippen molar-refractivity contribution in [2.24, 2.45) is 5.73 Å². The topological polar surface area (TPSA) is 64.3 Å². The summed E-state index contributed by atoms with van der Waals surface area (Å²) in [5, 5.41) is 2.79. The van der Waals surface area contributed by atoms with Gasteiger partial charge in [0, 0.05) is 11.9 Å². The van der Waals surface area contributed by atoms with Crippen LogP contribution in [-0.2, 0) is 4.79 Å². The van der Waals surface area contributed by atoms with E-state index in [1.807, 2.05) is 18.2 Å². The number of benzene rings is 1. The van der Waals surface area contributed by atoms with Gasteiger partial charge in [0.05, 0.1) is 5.69 Å². The molecule has 92 valence electrons. The van der Waals surface area contributed by atoms with E-state index >= 15 is 0 Å². The number of carbonyl (C=O) groups excluding carboxylic acids is 1. The van der Waals surface area contributed by atoms with Crippen molar-refractivity contribution in [2.75, 3.05) is 11.2 Å². The van der Waals surface area contributed by atoms with Gasteiger partial charge in [0.1, 0.15) is 5.75 Å². The molecule has 1 heterocycles. The first kappa shape index (κ1) is 12.2. The molecule has 1 aliphatic rings. The molecule has 1 aromatic rings. The molecule has 2 unspecified atom stereocenters. The van der Waals surface area contributed by atoms with E-state index in [2.05, 4.69) is 5.32 Å². The van der Waals surface area contributed by atoms with Crippen LogP contribution >= 0.6 is 11.6 Å². The summed E-state index contributed by atoms with van der Waals surface area (Å²) in [6.07, 6.45) is 0.246. The van der Waals surface area contributed by atoms with E-state index in [0.717, 1.165) is 5.56 Å². The minimum Gasteiger partial charge on any atom is -0.479 e. The van der Waals surface area contributed by atoms with Crippen LogP contribution < -0.4 is 15.8 Å². The molecular formula is C12H15ClN2O2. The Kier molecular flexibility index (Phi) is 3.54. The number of hydrogen-bond donors (Lipinski definition) is 2. The maximum Gasteiger partial charge on any atom is 0.265 e. The van der Waals surface area contributed by atoms with E-state index in [1.165, 1.54) is 0 Å². The van der Waals surface area contributed by atoms with E-state index in [9.17, 15) is 4.79 Å². The summed E-state index contributed by atoms with van der Waals surface area (Å²) in [6.45, 7) is 1.71. The van der Waals surface area contributed by atoms with Crippen molar-refractivity contribution >= 4 is 23.2 Å². The molecule has 0 fully saturated rings. The Labute approximate surface area is 105 Å². The lowest BCUT2D eigenvalue weighted by Gasteiger charge is -2.24. The average Bonchev–Trinajstić information content (AvgIpc) is 2.30. The quantitative estimate of drug-likeness (QED) is 0.812. The maximum absolute atomic E-state index is 11.5. The van der Waals surface area contributed by atoms with Crippen molar-refractivity contribution in [3.05, 3.63) is 23.8 Å². The number of fused-ring (bicyclic) bond motifs is 1. The van der Waals surface area contributed by atoms with Gasteiger partial charge < -0.3 is 15.8 Å². The second-order valence-corrected chi connectivity index (χ2v) is 4.47. The number of halogens is 1. The second-order valence-electron chi connectivity index (χ2n) is 4.09. The standard InChI is InChI=1S/C12H15ClN2O2/c1-7-12(16)15-10-6-8(9(14)4-5-13)2-3-11(10)17-7/h2-3,6-7,9H,4-5,14H2,1H3,(H,15,16). The predicted molar refractivity (Wildman–Crippen MR) is 67.4 cm³/mol. The molecule has 0 radical (unpaired) electrons. The highest BCUT2D eigenvalue weighted by Crippen LogP contribution is 2.32. The van der Waals surface area contributed by atoms with E-state index in [0.29, 0.717) is 23.7 Å². The normalized spacial score (nSPS) is 20.2. The second kappa shape index (κ2) is 4.94. The molecule has 17 heavy (non-hydrogen) atoms. The molecule has 1 aromatic carbocycles. The average molecular weight is 255 g/mol. The van der Waals surface area contributed by atoms with Gasteiger partial charge in [0.2, 0.25) is 0 Å². The van der Waals surface area contributed by atoms with Crippen LogP contribution in [0.2, 0.25) is 0 Å². The Morgan fingerprint density at radius 2 is 2.35 bits per heavy atom. The van der Waals surface area contributed by atoms with Gasteiger partial charge in [-0.05, 0) is 31.0 Å². The molecule has 3 N–H and O–H groups in total. The minimum absolute atomic E-state index is 0.117. The molecule has 1 aliphatic heterocycles. The first-order valence-electron chi connectivity index (χ1n) is 5.55. The molecule has 5 heteroatoms. The van der Waals surface area contributed by atoms with Crippen molar-refractivity contribution in [1.82, 2.24) is 0 Å². The molecule has 2 atom stereocenters. The highest BCUT2D eigenvalue weighted by molar-refractivity contribution is 6.17. The van der Waals surface area contributed by atoms with E-state index in [-0.39, 0.29) is 11.9 Å². The summed E-state index contributed by atoms with van der Waals surface area (Å²) < 4.78 is 5.46. The fraction of sp³-hybridized carbons (Fsp3) is 0.417. The molecule has 0 bridgehead atoms. The number of ether oxygens (including phenoxy) is 1. The third-order valence-corrected chi connectivity index (χ3v) is 3.00. The molecule has 2 rings (SSSR count). The number of amides is 1. The van der Waals surface area contributed by atoms with Crippen LogP contribution in [0.4, 0.5) is 5.69 Å². The fourth-order valence-electron chi connectivity index (χ4n) is 1.74. The number of hydrogen-bond acceptors (Lipinski definition) is 3. The van der Waals surface area contributed by atoms with Crippen molar-refractivity contribution in [3.8, 4) is 5.75 Å². The molecule has 0 spiro atoms. The highest BCUT2D eigenvalue weighted by atomic mass is 35.5. The number of nitrogens with one attached hydrogen (secondary N) is 1. The van der Waals surface area contributed by atoms with E-state index < -0.39 is 6.10 Å². The van der Waals surface area contributed by atoms with Crippen LogP contribution in [0.5, 0.6) is 5.75 Å². The Bertz CT molecular complexity index is 437. The van der Waals surface area contributed by atoms with E-state index in [1.54, 1.807) is 6.92 Å². The Balaban J connectivity index is 2.25. The lowest BCUT2D eigenvalue weighted by Crippen LogP contribution is -2.34. The van der Waals surface area contributed by atoms with Gasteiger partial charge in [0.15, 0.2) is 6.10 Å². The van der Waals surface area contributed by atoms with Gasteiger partial charge in [-0.25, -0.2) is 0 Å². The van der Waals surface area contributed by atoms with Gasteiger partial charge in [-0.1, -0.05) is 6.07 Å². The van der Waals surface area contributed by atoms with Crippen LogP contribution in [-0.4, -0.2) is 17.9 Å². The zero-order valence-corrected chi connectivity index (χ0v) is 10.3. The first-order chi connectivity index (χ1) is 8.11. The summed E-state index contributed by atoms with van der Waals surface area (Å²) in [5.41, 5.74) is 7.59. The van der Waals surface area contributed by atoms with Crippen molar-refractivity contribution in [3.63, 3.8) is 0 Å². The lowest BCUT2D eigenvalue weighted by molar-refractivity contribution is -0.122. The molecule has 1 amide bonds. The minimum atomic E-state index is -0.454. The molecule has 0 saturated heterocycles. The lowest BCUT2D eigenvalue weighted by atomic mass is 10.0. The number of alkyl halides is 1. The van der Waals surface area contributed by atoms with Gasteiger partial charge in [-0.3, -0.25) is 4.79 Å². The van der Waals surface area contributed by atoms with Crippen molar-refractivity contribution < 1.29 is 9.53 Å². The van der Waals surface area contributed by atoms with Gasteiger partial charge in [-0.15, -0.1) is 11.6 Å². The zero-order valence-electron chi connectivity index (χ0n) is 9.57. The van der Waals surface area contributed by atoms with Gasteiger partial charge in [0.25, 0.3) is 5.91 Å². The van der Waals surface area contributed by atoms with Crippen LogP contribution in [0.15, 0.2) is 18.2 Å². The van der Waals surface area contributed by atoms with Crippen molar-refractivity contribution in [1.29, 1.82) is 0 Å². The third-order valence-electron chi connectivity index (χ3n) is 2.78. The van der Waals surface area contributed by atoms with Crippen molar-refractivity contribution in [2.45, 2.75) is 25.5 Å². The van der Waals surface area contributed by atoms with Gasteiger partial charge in [-0.2, -0.15) is 0 Å². The first-order valence-corrected chi connectivity index (χ1v) is 6.08. The molecule has 0 saturated carbocycles. The van der Waals surface area contributed by atoms with E-state index in [4.69, 9.17) is 22.1 Å². The molecular weight excluding hydrogens is 240 g/mol. The maximum atomic E-state index is 11.5. The summed E-state index contributed by atoms with van der Waals surface area (Å²) in [7, 11) is 0. The summed E-state index contributed by atoms with van der Waals surface area (Å²) in [4.78, 5) is 11.5. The van der Waals surface area contributed by atoms with Gasteiger partial charge >= 0.3 is 0 Å². The molecule has 4 nitrogen and oxygen atoms in total. The zero-order chi connectivity index (χ0) is 12.4. The number of anilines is 1. The SMILES string of the molecule is CC1Oc2ccc(C(N)CCCl)cc2NC1=O. The molecule has 0 aromatic heterocycles. The van der Waals surface area contributed by atoms with Crippen LogP contribution in [0, 0.1) is 0 Å². The number of rotatable bonds is 3. The Morgan fingerprint density at radius 3 is 3.06 bits per heavy atom. The number of nitrogens with two attached hydrogens (primary N) is 1. The summed E-state index contributed by atoms with van der Waals surface area (Å²) in [5.74, 6) is 1.05. The Morgan fingerprint density at radius 1 is 1.59 bits per heavy atom. The third kappa shape index (κ3) is 2.53. The highest BCUT2D eigenvalue weighted by Gasteiger charge is 2.23. The fourth-order valence-corrected chi connectivity index (χ4v) is 1.98. The smallest absolute Gasteiger partial charge is 0.265 e. The number of carbonyl (C=O) groups is 1. The van der Waals surface area contributed by atoms with Crippen LogP contribution in [0.25, 0.3) is 0 Å². The largest absolute Gasteiger partial charge is 0.479 e. The summed E-state index contributed by atoms with van der Waals surface area (Å²) in [6, 6.07) is 5.46. The summed E-state index contributed by atoms with van der Waals surface area (Å²) >= 11 is 5.66. The predicted octanol–water partition coefficient (Wildman–Crippen LogP) is 2.03.